The number of carbonyl (C=O) groups excluding carboxylic acids is 2. The molecule has 2 rings (SSSR count). The van der Waals surface area contributed by atoms with Gasteiger partial charge < -0.3 is 20.3 Å². The highest BCUT2D eigenvalue weighted by atomic mass is 16.5. The maximum Gasteiger partial charge on any atom is 0.407 e. The number of amides is 2. The average molecular weight is 333 g/mol. The van der Waals surface area contributed by atoms with E-state index >= 15 is 0 Å². The van der Waals surface area contributed by atoms with Gasteiger partial charge in [0.15, 0.2) is 0 Å². The zero-order valence-corrected chi connectivity index (χ0v) is 14.5. The molecule has 1 aromatic rings. The van der Waals surface area contributed by atoms with Crippen molar-refractivity contribution >= 4 is 12.0 Å². The van der Waals surface area contributed by atoms with Crippen molar-refractivity contribution in [2.24, 2.45) is 0 Å². The van der Waals surface area contributed by atoms with Gasteiger partial charge in [0.1, 0.15) is 6.04 Å². The number of likely N-dealkylation sites (tertiary alicyclic amines) is 1. The summed E-state index contributed by atoms with van der Waals surface area (Å²) in [5, 5.41) is 5.49. The summed E-state index contributed by atoms with van der Waals surface area (Å²) in [6, 6.07) is 10.1. The summed E-state index contributed by atoms with van der Waals surface area (Å²) >= 11 is 0. The molecule has 132 valence electrons. The third kappa shape index (κ3) is 5.85. The highest BCUT2D eigenvalue weighted by Crippen LogP contribution is 2.11. The predicted molar refractivity (Wildman–Crippen MR) is 92.8 cm³/mol. The van der Waals surface area contributed by atoms with E-state index in [0.29, 0.717) is 0 Å². The van der Waals surface area contributed by atoms with Crippen molar-refractivity contribution in [1.29, 1.82) is 0 Å². The van der Waals surface area contributed by atoms with Gasteiger partial charge in [0.05, 0.1) is 7.11 Å². The van der Waals surface area contributed by atoms with Crippen LogP contribution in [0, 0.1) is 0 Å². The summed E-state index contributed by atoms with van der Waals surface area (Å²) < 4.78 is 4.50. The predicted octanol–water partition coefficient (Wildman–Crippen LogP) is 1.55. The number of ether oxygens (including phenoxy) is 1. The minimum atomic E-state index is -0.589. The number of benzene rings is 1. The van der Waals surface area contributed by atoms with Gasteiger partial charge in [-0.2, -0.15) is 0 Å². The van der Waals surface area contributed by atoms with Gasteiger partial charge >= 0.3 is 6.09 Å². The molecule has 1 saturated heterocycles. The van der Waals surface area contributed by atoms with Crippen LogP contribution in [-0.4, -0.2) is 55.7 Å². The molecule has 0 bridgehead atoms. The molecule has 6 heteroatoms. The van der Waals surface area contributed by atoms with Crippen LogP contribution in [0.5, 0.6) is 0 Å². The first-order valence-corrected chi connectivity index (χ1v) is 8.49. The number of hydrogen-bond donors (Lipinski definition) is 2. The molecule has 2 amide bonds. The molecule has 1 unspecified atom stereocenters. The van der Waals surface area contributed by atoms with E-state index in [-0.39, 0.29) is 11.9 Å². The number of rotatable bonds is 6. The summed E-state index contributed by atoms with van der Waals surface area (Å²) in [7, 11) is 1.28. The molecule has 6 nitrogen and oxygen atoms in total. The summed E-state index contributed by atoms with van der Waals surface area (Å²) in [5.74, 6) is -0.164. The number of nitrogens with zero attached hydrogens (tertiary/aromatic N) is 1. The second-order valence-corrected chi connectivity index (χ2v) is 6.22. The Kier molecular flexibility index (Phi) is 7.06. The van der Waals surface area contributed by atoms with Crippen LogP contribution in [0.25, 0.3) is 0 Å². The van der Waals surface area contributed by atoms with Crippen LogP contribution in [0.2, 0.25) is 0 Å². The molecule has 1 atom stereocenters. The smallest absolute Gasteiger partial charge is 0.407 e. The lowest BCUT2D eigenvalue weighted by atomic mass is 10.0. The van der Waals surface area contributed by atoms with Crippen molar-refractivity contribution in [2.45, 2.75) is 38.3 Å². The molecule has 0 aliphatic carbocycles. The van der Waals surface area contributed by atoms with Crippen molar-refractivity contribution in [1.82, 2.24) is 15.5 Å². The summed E-state index contributed by atoms with van der Waals surface area (Å²) in [6.45, 7) is 4.67. The van der Waals surface area contributed by atoms with E-state index in [2.05, 4.69) is 44.5 Å². The Bertz CT molecular complexity index is 528. The molecule has 0 spiro atoms. The van der Waals surface area contributed by atoms with Crippen LogP contribution in [-0.2, 0) is 16.0 Å². The van der Waals surface area contributed by atoms with Gasteiger partial charge in [-0.1, -0.05) is 30.3 Å². The minimum Gasteiger partial charge on any atom is -0.453 e. The van der Waals surface area contributed by atoms with Gasteiger partial charge in [0.25, 0.3) is 0 Å². The van der Waals surface area contributed by atoms with E-state index in [4.69, 9.17) is 0 Å². The molecule has 1 fully saturated rings. The first-order chi connectivity index (χ1) is 11.6. The van der Waals surface area contributed by atoms with E-state index in [1.54, 1.807) is 6.92 Å². The number of methoxy groups -OCH3 is 1. The highest BCUT2D eigenvalue weighted by Gasteiger charge is 2.23. The van der Waals surface area contributed by atoms with Crippen molar-refractivity contribution < 1.29 is 14.3 Å². The fraction of sp³-hybridized carbons (Fsp3) is 0.556. The zero-order valence-electron chi connectivity index (χ0n) is 14.5. The normalized spacial score (nSPS) is 17.1. The van der Waals surface area contributed by atoms with Crippen molar-refractivity contribution in [3.8, 4) is 0 Å². The lowest BCUT2D eigenvalue weighted by Crippen LogP contribution is -2.51. The first kappa shape index (κ1) is 18.3. The SMILES string of the molecule is COC(=O)NC(C)C(=O)NC1CCN(CCc2ccccc2)CC1. The molecule has 1 heterocycles. The molecule has 0 aromatic heterocycles. The monoisotopic (exact) mass is 333 g/mol. The topological polar surface area (TPSA) is 70.7 Å². The Hall–Kier alpha value is -2.08. The quantitative estimate of drug-likeness (QED) is 0.829. The molecule has 1 aliphatic heterocycles. The van der Waals surface area contributed by atoms with Crippen LogP contribution in [0.3, 0.4) is 0 Å². The lowest BCUT2D eigenvalue weighted by Gasteiger charge is -2.32. The number of alkyl carbamates (subject to hydrolysis) is 1. The van der Waals surface area contributed by atoms with Crippen molar-refractivity contribution in [2.75, 3.05) is 26.7 Å². The van der Waals surface area contributed by atoms with Crippen molar-refractivity contribution in [3.05, 3.63) is 35.9 Å². The maximum atomic E-state index is 12.1. The Labute approximate surface area is 143 Å². The summed E-state index contributed by atoms with van der Waals surface area (Å²) in [6.07, 6.45) is 2.34. The van der Waals surface area contributed by atoms with E-state index in [0.717, 1.165) is 38.9 Å². The van der Waals surface area contributed by atoms with Crippen LogP contribution < -0.4 is 10.6 Å². The average Bonchev–Trinajstić information content (AvgIpc) is 2.61. The Morgan fingerprint density at radius 1 is 1.25 bits per heavy atom. The summed E-state index contributed by atoms with van der Waals surface area (Å²) in [5.41, 5.74) is 1.36. The Morgan fingerprint density at radius 2 is 1.92 bits per heavy atom. The van der Waals surface area contributed by atoms with Crippen LogP contribution >= 0.6 is 0 Å². The van der Waals surface area contributed by atoms with Gasteiger partial charge in [-0.3, -0.25) is 4.79 Å². The molecule has 0 radical (unpaired) electrons. The molecular formula is C18H27N3O3. The van der Waals surface area contributed by atoms with E-state index in [1.807, 2.05) is 6.07 Å². The number of carbonyl (C=O) groups is 2. The van der Waals surface area contributed by atoms with Gasteiger partial charge in [0.2, 0.25) is 5.91 Å². The highest BCUT2D eigenvalue weighted by molar-refractivity contribution is 5.85. The maximum absolute atomic E-state index is 12.1. The van der Waals surface area contributed by atoms with Gasteiger partial charge in [-0.25, -0.2) is 4.79 Å². The summed E-state index contributed by atoms with van der Waals surface area (Å²) in [4.78, 5) is 25.6. The number of hydrogen-bond acceptors (Lipinski definition) is 4. The van der Waals surface area contributed by atoms with Gasteiger partial charge in [-0.05, 0) is 31.7 Å². The molecular weight excluding hydrogens is 306 g/mol. The second kappa shape index (κ2) is 9.27. The van der Waals surface area contributed by atoms with Gasteiger partial charge in [-0.15, -0.1) is 0 Å². The third-order valence-electron chi connectivity index (χ3n) is 4.41. The Morgan fingerprint density at radius 3 is 2.54 bits per heavy atom. The third-order valence-corrected chi connectivity index (χ3v) is 4.41. The van der Waals surface area contributed by atoms with E-state index in [9.17, 15) is 9.59 Å². The molecule has 1 aromatic carbocycles. The fourth-order valence-electron chi connectivity index (χ4n) is 2.86. The number of nitrogens with one attached hydrogen (secondary N) is 2. The number of piperidine rings is 1. The molecule has 0 saturated carbocycles. The standard InChI is InChI=1S/C18H27N3O3/c1-14(19-18(23)24-2)17(22)20-16-9-12-21(13-10-16)11-8-15-6-4-3-5-7-15/h3-7,14,16H,8-13H2,1-2H3,(H,19,23)(H,20,22). The molecule has 24 heavy (non-hydrogen) atoms. The minimum absolute atomic E-state index is 0.164. The van der Waals surface area contributed by atoms with Crippen LogP contribution in [0.4, 0.5) is 4.79 Å². The van der Waals surface area contributed by atoms with Gasteiger partial charge in [0, 0.05) is 25.7 Å². The largest absolute Gasteiger partial charge is 0.453 e. The Balaban J connectivity index is 1.67. The van der Waals surface area contributed by atoms with Crippen molar-refractivity contribution in [3.63, 3.8) is 0 Å². The fourth-order valence-corrected chi connectivity index (χ4v) is 2.86. The van der Waals surface area contributed by atoms with Crippen LogP contribution in [0.15, 0.2) is 30.3 Å². The lowest BCUT2D eigenvalue weighted by molar-refractivity contribution is -0.123. The second-order valence-electron chi connectivity index (χ2n) is 6.22. The molecule has 2 N–H and O–H groups in total. The van der Waals surface area contributed by atoms with Crippen LogP contribution in [0.1, 0.15) is 25.3 Å². The van der Waals surface area contributed by atoms with E-state index in [1.165, 1.54) is 12.7 Å². The zero-order chi connectivity index (χ0) is 17.4. The first-order valence-electron chi connectivity index (χ1n) is 8.49. The van der Waals surface area contributed by atoms with E-state index < -0.39 is 12.1 Å². The molecule has 1 aliphatic rings.